The molecule has 1 aromatic heterocycles. The molecule has 3 aromatic rings. The molecule has 7 nitrogen and oxygen atoms in total. The van der Waals surface area contributed by atoms with E-state index in [1.165, 1.54) is 12.1 Å². The molecular formula is C17H15N3O4. The lowest BCUT2D eigenvalue weighted by Gasteiger charge is -2.09. The van der Waals surface area contributed by atoms with Gasteiger partial charge in [-0.1, -0.05) is 19.1 Å². The van der Waals surface area contributed by atoms with E-state index in [2.05, 4.69) is 17.2 Å². The molecule has 0 aliphatic rings. The van der Waals surface area contributed by atoms with Crippen molar-refractivity contribution < 1.29 is 14.8 Å². The number of rotatable bonds is 5. The summed E-state index contributed by atoms with van der Waals surface area (Å²) >= 11 is 0. The Bertz CT molecular complexity index is 946. The molecule has 0 saturated carbocycles. The highest BCUT2D eigenvalue weighted by Gasteiger charge is 2.19. The highest BCUT2D eigenvalue weighted by atomic mass is 16.6. The minimum absolute atomic E-state index is 0.0929. The summed E-state index contributed by atoms with van der Waals surface area (Å²) in [6.45, 7) is 2.05. The normalized spacial score (nSPS) is 10.7. The third-order valence-electron chi connectivity index (χ3n) is 3.81. The number of anilines is 2. The fraction of sp³-hybridized carbons (Fsp3) is 0.118. The molecular weight excluding hydrogens is 310 g/mol. The van der Waals surface area contributed by atoms with Gasteiger partial charge in [0.25, 0.3) is 5.69 Å². The molecule has 0 saturated heterocycles. The molecule has 0 atom stereocenters. The van der Waals surface area contributed by atoms with Gasteiger partial charge in [-0.25, -0.2) is 4.79 Å². The van der Waals surface area contributed by atoms with Crippen molar-refractivity contribution in [3.05, 3.63) is 63.8 Å². The lowest BCUT2D eigenvalue weighted by atomic mass is 10.1. The van der Waals surface area contributed by atoms with Crippen LogP contribution < -0.4 is 5.32 Å². The van der Waals surface area contributed by atoms with E-state index in [9.17, 15) is 14.9 Å². The Morgan fingerprint density at radius 3 is 2.75 bits per heavy atom. The van der Waals surface area contributed by atoms with E-state index in [4.69, 9.17) is 5.11 Å². The zero-order valence-corrected chi connectivity index (χ0v) is 12.9. The van der Waals surface area contributed by atoms with Gasteiger partial charge in [0.05, 0.1) is 4.92 Å². The van der Waals surface area contributed by atoms with Crippen molar-refractivity contribution in [1.29, 1.82) is 0 Å². The van der Waals surface area contributed by atoms with Gasteiger partial charge in [0.1, 0.15) is 11.2 Å². The van der Waals surface area contributed by atoms with Crippen molar-refractivity contribution in [3.8, 4) is 0 Å². The van der Waals surface area contributed by atoms with Crippen LogP contribution in [0, 0.1) is 10.1 Å². The van der Waals surface area contributed by atoms with E-state index in [1.807, 2.05) is 24.3 Å². The van der Waals surface area contributed by atoms with Crippen LogP contribution in [0.4, 0.5) is 17.1 Å². The average Bonchev–Trinajstić information content (AvgIpc) is 3.01. The molecule has 24 heavy (non-hydrogen) atoms. The fourth-order valence-electron chi connectivity index (χ4n) is 2.61. The summed E-state index contributed by atoms with van der Waals surface area (Å²) in [4.78, 5) is 24.4. The number of benzene rings is 2. The van der Waals surface area contributed by atoms with E-state index in [-0.39, 0.29) is 16.9 Å². The van der Waals surface area contributed by atoms with Gasteiger partial charge in [0.15, 0.2) is 0 Å². The first-order chi connectivity index (χ1) is 11.5. The van der Waals surface area contributed by atoms with E-state index in [1.54, 1.807) is 6.07 Å². The number of hydrogen-bond acceptors (Lipinski definition) is 4. The van der Waals surface area contributed by atoms with Crippen LogP contribution in [0.1, 0.15) is 23.0 Å². The number of nitrogens with zero attached hydrogens (tertiary/aromatic N) is 1. The summed E-state index contributed by atoms with van der Waals surface area (Å²) in [5.41, 5.74) is 2.53. The number of nitro benzene ring substituents is 1. The molecule has 0 fully saturated rings. The summed E-state index contributed by atoms with van der Waals surface area (Å²) in [6.07, 6.45) is 0.887. The number of carboxylic acids is 1. The Morgan fingerprint density at radius 2 is 2.08 bits per heavy atom. The number of aryl methyl sites for hydroxylation is 1. The van der Waals surface area contributed by atoms with E-state index in [0.717, 1.165) is 17.7 Å². The SMILES string of the molecule is CCc1cccc(Nc2ccc([N+](=O)[O-])c3[nH]c(C(=O)O)cc23)c1. The van der Waals surface area contributed by atoms with Crippen LogP contribution in [0.25, 0.3) is 10.9 Å². The van der Waals surface area contributed by atoms with E-state index in [0.29, 0.717) is 11.1 Å². The Morgan fingerprint density at radius 1 is 1.29 bits per heavy atom. The van der Waals surface area contributed by atoms with Crippen molar-refractivity contribution in [2.45, 2.75) is 13.3 Å². The van der Waals surface area contributed by atoms with Crippen LogP contribution in [0.2, 0.25) is 0 Å². The number of aromatic nitrogens is 1. The standard InChI is InChI=1S/C17H15N3O4/c1-2-10-4-3-5-11(8-10)18-13-6-7-15(20(23)24)16-12(13)9-14(19-16)17(21)22/h3-9,18-19H,2H2,1H3,(H,21,22). The Labute approximate surface area is 137 Å². The van der Waals surface area contributed by atoms with Crippen molar-refractivity contribution in [2.75, 3.05) is 5.32 Å². The van der Waals surface area contributed by atoms with Gasteiger partial charge in [-0.2, -0.15) is 0 Å². The van der Waals surface area contributed by atoms with Gasteiger partial charge >= 0.3 is 5.97 Å². The molecule has 2 aromatic carbocycles. The minimum atomic E-state index is -1.17. The van der Waals surface area contributed by atoms with Crippen molar-refractivity contribution in [3.63, 3.8) is 0 Å². The molecule has 0 amide bonds. The second-order valence-corrected chi connectivity index (χ2v) is 5.35. The monoisotopic (exact) mass is 325 g/mol. The first-order valence-electron chi connectivity index (χ1n) is 7.39. The highest BCUT2D eigenvalue weighted by Crippen LogP contribution is 2.33. The lowest BCUT2D eigenvalue weighted by Crippen LogP contribution is -1.96. The Balaban J connectivity index is 2.12. The van der Waals surface area contributed by atoms with E-state index >= 15 is 0 Å². The maximum absolute atomic E-state index is 11.2. The van der Waals surface area contributed by atoms with Crippen molar-refractivity contribution in [1.82, 2.24) is 4.98 Å². The molecule has 0 aliphatic heterocycles. The number of aromatic carboxylic acids is 1. The second-order valence-electron chi connectivity index (χ2n) is 5.35. The van der Waals surface area contributed by atoms with Crippen LogP contribution in [-0.4, -0.2) is 21.0 Å². The second kappa shape index (κ2) is 6.04. The zero-order chi connectivity index (χ0) is 17.3. The Hall–Kier alpha value is -3.35. The molecule has 122 valence electrons. The zero-order valence-electron chi connectivity index (χ0n) is 12.9. The maximum atomic E-state index is 11.2. The summed E-state index contributed by atoms with van der Waals surface area (Å²) < 4.78 is 0. The topological polar surface area (TPSA) is 108 Å². The van der Waals surface area contributed by atoms with Gasteiger partial charge < -0.3 is 15.4 Å². The quantitative estimate of drug-likeness (QED) is 0.484. The lowest BCUT2D eigenvalue weighted by molar-refractivity contribution is -0.383. The first-order valence-corrected chi connectivity index (χ1v) is 7.39. The number of H-pyrrole nitrogens is 1. The summed E-state index contributed by atoms with van der Waals surface area (Å²) in [5, 5.41) is 24.0. The number of non-ortho nitro benzene ring substituents is 1. The third kappa shape index (κ3) is 2.79. The van der Waals surface area contributed by atoms with Crippen LogP contribution in [0.15, 0.2) is 42.5 Å². The molecule has 3 rings (SSSR count). The first kappa shape index (κ1) is 15.5. The number of carboxylic acid groups (broad SMARTS) is 1. The van der Waals surface area contributed by atoms with Gasteiger partial charge in [0, 0.05) is 22.8 Å². The number of nitro groups is 1. The molecule has 7 heteroatoms. The maximum Gasteiger partial charge on any atom is 0.352 e. The molecule has 0 aliphatic carbocycles. The third-order valence-corrected chi connectivity index (χ3v) is 3.81. The number of carbonyl (C=O) groups is 1. The van der Waals surface area contributed by atoms with Crippen LogP contribution in [0.3, 0.4) is 0 Å². The predicted molar refractivity (Wildman–Crippen MR) is 91.0 cm³/mol. The van der Waals surface area contributed by atoms with Gasteiger partial charge in [-0.3, -0.25) is 10.1 Å². The molecule has 1 heterocycles. The largest absolute Gasteiger partial charge is 0.477 e. The number of aromatic amines is 1. The Kier molecular flexibility index (Phi) is 3.91. The minimum Gasteiger partial charge on any atom is -0.477 e. The summed E-state index contributed by atoms with van der Waals surface area (Å²) in [7, 11) is 0. The van der Waals surface area contributed by atoms with Crippen LogP contribution >= 0.6 is 0 Å². The van der Waals surface area contributed by atoms with Gasteiger partial charge in [0.2, 0.25) is 0 Å². The smallest absolute Gasteiger partial charge is 0.352 e. The van der Waals surface area contributed by atoms with Crippen LogP contribution in [0.5, 0.6) is 0 Å². The van der Waals surface area contributed by atoms with Crippen molar-refractivity contribution >= 4 is 33.9 Å². The number of hydrogen-bond donors (Lipinski definition) is 3. The van der Waals surface area contributed by atoms with Crippen LogP contribution in [-0.2, 0) is 6.42 Å². The molecule has 0 radical (unpaired) electrons. The number of nitrogens with one attached hydrogen (secondary N) is 2. The molecule has 3 N–H and O–H groups in total. The van der Waals surface area contributed by atoms with Gasteiger partial charge in [-0.15, -0.1) is 0 Å². The fourth-order valence-corrected chi connectivity index (χ4v) is 2.61. The number of fused-ring (bicyclic) bond motifs is 1. The van der Waals surface area contributed by atoms with Crippen molar-refractivity contribution in [2.24, 2.45) is 0 Å². The summed E-state index contributed by atoms with van der Waals surface area (Å²) in [6, 6.07) is 12.1. The van der Waals surface area contributed by atoms with Gasteiger partial charge in [-0.05, 0) is 36.2 Å². The molecule has 0 bridgehead atoms. The van der Waals surface area contributed by atoms with E-state index < -0.39 is 10.9 Å². The highest BCUT2D eigenvalue weighted by molar-refractivity contribution is 6.03. The summed E-state index contributed by atoms with van der Waals surface area (Å²) in [5.74, 6) is -1.17. The average molecular weight is 325 g/mol. The molecule has 0 unspecified atom stereocenters. The molecule has 0 spiro atoms. The predicted octanol–water partition coefficient (Wildman–Crippen LogP) is 4.08.